The van der Waals surface area contributed by atoms with Crippen LogP contribution in [0.25, 0.3) is 0 Å². The van der Waals surface area contributed by atoms with Gasteiger partial charge in [0.2, 0.25) is 0 Å². The lowest BCUT2D eigenvalue weighted by molar-refractivity contribution is 0.116. The second-order valence-corrected chi connectivity index (χ2v) is 50.7. The number of aromatic amines is 1. The van der Waals surface area contributed by atoms with Crippen LogP contribution >= 0.6 is 0 Å². The van der Waals surface area contributed by atoms with Gasteiger partial charge in [0, 0.05) is 144 Å². The number of H-pyrrole nitrogens is 1. The molecule has 0 aliphatic heterocycles. The van der Waals surface area contributed by atoms with Crippen molar-refractivity contribution in [2.75, 3.05) is 0 Å². The molecular weight excluding hydrogens is 1370 g/mol. The summed E-state index contributed by atoms with van der Waals surface area (Å²) >= 11 is 0. The van der Waals surface area contributed by atoms with Crippen LogP contribution in [0.3, 0.4) is 0 Å². The Morgan fingerprint density at radius 1 is 0.241 bits per heavy atom. The molecule has 0 bridgehead atoms. The van der Waals surface area contributed by atoms with Crippen molar-refractivity contribution in [1.29, 1.82) is 0 Å². The fraction of sp³-hybridized carbons (Fsp3) is 0.762. The standard InChI is InChI=1S/3C15H27N.4C14H26N2/c1-13(2,3)12-11(9-10-16-12)15(7,8)14(4,5)6;1-13(2,3)15(7,8)12-10-9-11-16(12)14(4,5)6;1-13(2,3)12-10-9-11-16(12)15(7,8)14(4,5)6;1-12(2,3)14(7,8)11-15-9-10-16(11)13(4,5)6;1-12(2,3)11-15-9-10-16(11)14(7,8)13(4,5)6;1-12(2,3)14(7,8)11-9-10-15-16(11)13(4,5)6;1-12(2,3)11-9-10-15-16(11)14(7,8)13(4,5)6/h9-10,16H,1-8H3;2*9-11H,1-8H3;4*9-10H,1-8H3. The maximum absolute atomic E-state index is 4.58. The number of hydrogen-bond donors (Lipinski definition) is 1. The molecule has 0 aromatic carbocycles. The van der Waals surface area contributed by atoms with E-state index in [1.165, 1.54) is 39.9 Å². The summed E-state index contributed by atoms with van der Waals surface area (Å²) in [5.41, 5.74) is 11.4. The lowest BCUT2D eigenvalue weighted by atomic mass is 9.64. The molecule has 7 aromatic rings. The van der Waals surface area contributed by atoms with Crippen LogP contribution in [0, 0.1) is 37.9 Å². The molecule has 0 amide bonds. The van der Waals surface area contributed by atoms with Crippen molar-refractivity contribution in [3.63, 3.8) is 0 Å². The van der Waals surface area contributed by atoms with Gasteiger partial charge in [-0.15, -0.1) is 0 Å². The van der Waals surface area contributed by atoms with Crippen LogP contribution in [0.5, 0.6) is 0 Å². The summed E-state index contributed by atoms with van der Waals surface area (Å²) in [6.45, 7) is 127. The van der Waals surface area contributed by atoms with Crippen LogP contribution in [-0.2, 0) is 76.6 Å². The minimum atomic E-state index is 0.0130. The molecule has 0 aliphatic carbocycles. The second-order valence-electron chi connectivity index (χ2n) is 50.7. The Balaban J connectivity index is 0.000000653. The Morgan fingerprint density at radius 2 is 0.580 bits per heavy atom. The number of aromatic nitrogens is 11. The lowest BCUT2D eigenvalue weighted by Crippen LogP contribution is -2.43. The summed E-state index contributed by atoms with van der Waals surface area (Å²) in [6, 6.07) is 15.3. The average Bonchev–Trinajstić information content (AvgIpc) is 1.59. The van der Waals surface area contributed by atoms with Gasteiger partial charge in [-0.25, -0.2) is 9.97 Å². The average molecular weight is 1550 g/mol. The maximum Gasteiger partial charge on any atom is 0.115 e. The third-order valence-electron chi connectivity index (χ3n) is 27.1. The summed E-state index contributed by atoms with van der Waals surface area (Å²) in [7, 11) is 0. The third-order valence-corrected chi connectivity index (χ3v) is 27.1. The zero-order chi connectivity index (χ0) is 89.4. The van der Waals surface area contributed by atoms with Crippen LogP contribution in [-0.4, -0.2) is 52.8 Å². The highest BCUT2D eigenvalue weighted by atomic mass is 15.3. The molecule has 11 heteroatoms. The highest BCUT2D eigenvalue weighted by molar-refractivity contribution is 5.35. The highest BCUT2D eigenvalue weighted by Gasteiger charge is 2.45. The van der Waals surface area contributed by atoms with E-state index in [9.17, 15) is 0 Å². The SMILES string of the molecule is CC(C)(C)c1[nH]ccc1C(C)(C)C(C)(C)C.CC(C)(C)c1cccn1C(C)(C)C(C)(C)C.CC(C)(C)c1ccnn1C(C)(C)C(C)(C)C.CC(C)(C)c1nccn1C(C)(C)C(C)(C)C.CC(C)(C)n1cccc1C(C)(C)C(C)(C)C.CC(C)(C)n1ccnc1C(C)(C)C(C)(C)C.CC(C)(C)n1nccc1C(C)(C)C(C)(C)C. The number of imidazole rings is 2. The molecule has 7 aromatic heterocycles. The number of nitrogens with zero attached hydrogens (tertiary/aromatic N) is 10. The first-order valence-electron chi connectivity index (χ1n) is 42.6. The lowest BCUT2D eigenvalue weighted by Gasteiger charge is -2.43. The Morgan fingerprint density at radius 3 is 0.929 bits per heavy atom. The topological polar surface area (TPSA) is 96.9 Å². The van der Waals surface area contributed by atoms with E-state index < -0.39 is 0 Å². The number of nitrogens with one attached hydrogen (secondary N) is 1. The first-order chi connectivity index (χ1) is 48.8. The normalized spacial score (nSPS) is 14.2. The van der Waals surface area contributed by atoms with Crippen molar-refractivity contribution in [1.82, 2.24) is 52.8 Å². The first-order valence-corrected chi connectivity index (χ1v) is 42.6. The summed E-state index contributed by atoms with van der Waals surface area (Å²) in [5.74, 6) is 2.33. The largest absolute Gasteiger partial charge is 0.364 e. The summed E-state index contributed by atoms with van der Waals surface area (Å²) in [5, 5.41) is 9.02. The van der Waals surface area contributed by atoms with Crippen molar-refractivity contribution in [3.8, 4) is 0 Å². The van der Waals surface area contributed by atoms with E-state index in [0.717, 1.165) is 5.82 Å². The van der Waals surface area contributed by atoms with Gasteiger partial charge in [-0.2, -0.15) is 10.2 Å². The van der Waals surface area contributed by atoms with Crippen molar-refractivity contribution in [2.24, 2.45) is 37.9 Å². The molecule has 0 unspecified atom stereocenters. The molecule has 11 nitrogen and oxygen atoms in total. The zero-order valence-electron chi connectivity index (χ0n) is 84.7. The minimum Gasteiger partial charge on any atom is -0.364 e. The van der Waals surface area contributed by atoms with E-state index in [2.05, 4.69) is 514 Å². The smallest absolute Gasteiger partial charge is 0.115 e. The van der Waals surface area contributed by atoms with Crippen LogP contribution in [0.4, 0.5) is 0 Å². The second kappa shape index (κ2) is 34.3. The van der Waals surface area contributed by atoms with E-state index >= 15 is 0 Å². The molecular formula is C101H185N11. The van der Waals surface area contributed by atoms with E-state index in [1.807, 2.05) is 24.8 Å². The Labute approximate surface area is 694 Å². The molecule has 0 fully saturated rings. The van der Waals surface area contributed by atoms with Gasteiger partial charge in [0.1, 0.15) is 11.6 Å². The molecule has 0 spiro atoms. The quantitative estimate of drug-likeness (QED) is 0.172. The molecule has 0 atom stereocenters. The van der Waals surface area contributed by atoms with Gasteiger partial charge in [-0.3, -0.25) is 9.36 Å². The van der Waals surface area contributed by atoms with Gasteiger partial charge in [0.25, 0.3) is 0 Å². The summed E-state index contributed by atoms with van der Waals surface area (Å²) in [6.07, 6.45) is 18.3. The molecule has 112 heavy (non-hydrogen) atoms. The van der Waals surface area contributed by atoms with Crippen LogP contribution in [0.2, 0.25) is 0 Å². The Bertz CT molecular complexity index is 3230. The van der Waals surface area contributed by atoms with Crippen molar-refractivity contribution >= 4 is 0 Å². The van der Waals surface area contributed by atoms with E-state index in [-0.39, 0.29) is 114 Å². The van der Waals surface area contributed by atoms with Crippen LogP contribution in [0.1, 0.15) is 433 Å². The van der Waals surface area contributed by atoms with Gasteiger partial charge >= 0.3 is 0 Å². The molecule has 1 N–H and O–H groups in total. The van der Waals surface area contributed by atoms with Gasteiger partial charge in [-0.1, -0.05) is 284 Å². The molecule has 0 saturated carbocycles. The number of rotatable bonds is 7. The molecule has 644 valence electrons. The summed E-state index contributed by atoms with van der Waals surface area (Å²) < 4.78 is 13.8. The van der Waals surface area contributed by atoms with Crippen molar-refractivity contribution in [2.45, 2.75) is 464 Å². The molecule has 0 aliphatic rings. The fourth-order valence-electron chi connectivity index (χ4n) is 12.3. The van der Waals surface area contributed by atoms with E-state index in [1.54, 1.807) is 0 Å². The molecule has 0 radical (unpaired) electrons. The molecule has 7 heterocycles. The van der Waals surface area contributed by atoms with Gasteiger partial charge in [0.05, 0.1) is 11.1 Å². The van der Waals surface area contributed by atoms with Gasteiger partial charge in [0.15, 0.2) is 0 Å². The van der Waals surface area contributed by atoms with Crippen LogP contribution in [0.15, 0.2) is 98.2 Å². The summed E-state index contributed by atoms with van der Waals surface area (Å²) in [4.78, 5) is 12.5. The highest BCUT2D eigenvalue weighted by Crippen LogP contribution is 2.48. The van der Waals surface area contributed by atoms with E-state index in [0.29, 0.717) is 0 Å². The number of hydrogen-bond acceptors (Lipinski definition) is 4. The van der Waals surface area contributed by atoms with Crippen LogP contribution < -0.4 is 0 Å². The molecule has 7 rings (SSSR count). The fourth-order valence-corrected chi connectivity index (χ4v) is 12.3. The maximum atomic E-state index is 4.58. The van der Waals surface area contributed by atoms with Gasteiger partial charge in [-0.05, 0) is 195 Å². The van der Waals surface area contributed by atoms with Gasteiger partial charge < -0.3 is 23.3 Å². The Hall–Kier alpha value is -5.32. The zero-order valence-corrected chi connectivity index (χ0v) is 84.7. The minimum absolute atomic E-state index is 0.0130. The first kappa shape index (κ1) is 105. The predicted molar refractivity (Wildman–Crippen MR) is 495 cm³/mol. The van der Waals surface area contributed by atoms with Crippen molar-refractivity contribution in [3.05, 3.63) is 144 Å². The Kier molecular flexibility index (Phi) is 32.1. The van der Waals surface area contributed by atoms with Crippen molar-refractivity contribution < 1.29 is 0 Å². The monoisotopic (exact) mass is 1550 g/mol. The van der Waals surface area contributed by atoms with E-state index in [4.69, 9.17) is 0 Å². The predicted octanol–water partition coefficient (Wildman–Crippen LogP) is 29.6. The third kappa shape index (κ3) is 25.1. The molecule has 0 saturated heterocycles.